The van der Waals surface area contributed by atoms with Crippen LogP contribution in [-0.4, -0.2) is 32.8 Å². The Balaban J connectivity index is 2.36. The monoisotopic (exact) mass is 231 g/mol. The van der Waals surface area contributed by atoms with Crippen LogP contribution in [0.1, 0.15) is 12.5 Å². The van der Waals surface area contributed by atoms with E-state index in [-0.39, 0.29) is 0 Å². The molecule has 0 aliphatic carbocycles. The van der Waals surface area contributed by atoms with E-state index >= 15 is 0 Å². The van der Waals surface area contributed by atoms with Crippen molar-refractivity contribution in [1.29, 1.82) is 5.26 Å². The minimum atomic E-state index is 0.485. The Morgan fingerprint density at radius 1 is 1.53 bits per heavy atom. The Morgan fingerprint density at radius 2 is 2.29 bits per heavy atom. The van der Waals surface area contributed by atoms with Gasteiger partial charge in [-0.3, -0.25) is 0 Å². The molecule has 1 saturated heterocycles. The van der Waals surface area contributed by atoms with E-state index in [1.807, 2.05) is 18.2 Å². The first kappa shape index (κ1) is 11.7. The summed E-state index contributed by atoms with van der Waals surface area (Å²) in [6.45, 7) is 4.97. The van der Waals surface area contributed by atoms with Gasteiger partial charge in [-0.2, -0.15) is 5.26 Å². The Labute approximate surface area is 102 Å². The lowest BCUT2D eigenvalue weighted by Gasteiger charge is -2.39. The molecule has 4 heteroatoms. The van der Waals surface area contributed by atoms with Gasteiger partial charge in [0.15, 0.2) is 0 Å². The summed E-state index contributed by atoms with van der Waals surface area (Å²) in [5.41, 5.74) is 1.68. The number of likely N-dealkylation sites (N-methyl/N-ethyl adjacent to an activating group) is 1. The lowest BCUT2D eigenvalue weighted by atomic mass is 10.1. The summed E-state index contributed by atoms with van der Waals surface area (Å²) in [7, 11) is 1.65. The van der Waals surface area contributed by atoms with E-state index < -0.39 is 0 Å². The Morgan fingerprint density at radius 3 is 2.76 bits per heavy atom. The van der Waals surface area contributed by atoms with Crippen LogP contribution in [0.5, 0.6) is 5.75 Å². The number of rotatable bonds is 4. The van der Waals surface area contributed by atoms with Gasteiger partial charge >= 0.3 is 0 Å². The van der Waals surface area contributed by atoms with Crippen LogP contribution in [0.3, 0.4) is 0 Å². The fourth-order valence-corrected chi connectivity index (χ4v) is 2.09. The lowest BCUT2D eigenvalue weighted by Crippen LogP contribution is -2.57. The highest BCUT2D eigenvalue weighted by Crippen LogP contribution is 2.27. The molecule has 4 nitrogen and oxygen atoms in total. The van der Waals surface area contributed by atoms with Gasteiger partial charge in [-0.1, -0.05) is 0 Å². The summed E-state index contributed by atoms with van der Waals surface area (Å²) in [5.74, 6) is 0.796. The normalized spacial score (nSPS) is 14.9. The van der Waals surface area contributed by atoms with Gasteiger partial charge in [-0.05, 0) is 19.1 Å². The highest BCUT2D eigenvalue weighted by atomic mass is 16.5. The van der Waals surface area contributed by atoms with E-state index in [2.05, 4.69) is 23.2 Å². The SMILES string of the molecule is CCN(c1cc(OC)ccc1C#N)C1CNC1. The van der Waals surface area contributed by atoms with Crippen molar-refractivity contribution in [3.63, 3.8) is 0 Å². The van der Waals surface area contributed by atoms with Gasteiger partial charge in [-0.25, -0.2) is 0 Å². The van der Waals surface area contributed by atoms with E-state index in [9.17, 15) is 0 Å². The number of anilines is 1. The van der Waals surface area contributed by atoms with Crippen molar-refractivity contribution in [3.8, 4) is 11.8 Å². The number of nitrogens with zero attached hydrogens (tertiary/aromatic N) is 2. The first-order valence-corrected chi connectivity index (χ1v) is 5.85. The number of hydrogen-bond donors (Lipinski definition) is 1. The van der Waals surface area contributed by atoms with Crippen molar-refractivity contribution < 1.29 is 4.74 Å². The molecule has 17 heavy (non-hydrogen) atoms. The Bertz CT molecular complexity index is 435. The molecular formula is C13H17N3O. The molecule has 1 aromatic rings. The first-order chi connectivity index (χ1) is 8.30. The molecule has 0 spiro atoms. The fourth-order valence-electron chi connectivity index (χ4n) is 2.09. The van der Waals surface area contributed by atoms with Gasteiger partial charge in [0, 0.05) is 25.7 Å². The molecule has 1 heterocycles. The van der Waals surface area contributed by atoms with Crippen LogP contribution in [0.4, 0.5) is 5.69 Å². The van der Waals surface area contributed by atoms with E-state index in [4.69, 9.17) is 10.00 Å². The van der Waals surface area contributed by atoms with Crippen LogP contribution in [0.15, 0.2) is 18.2 Å². The molecule has 1 aliphatic rings. The molecule has 1 aromatic carbocycles. The fraction of sp³-hybridized carbons (Fsp3) is 0.462. The zero-order valence-corrected chi connectivity index (χ0v) is 10.2. The average molecular weight is 231 g/mol. The molecule has 1 N–H and O–H groups in total. The van der Waals surface area contributed by atoms with Gasteiger partial charge in [-0.15, -0.1) is 0 Å². The maximum absolute atomic E-state index is 9.17. The van der Waals surface area contributed by atoms with Gasteiger partial charge in [0.05, 0.1) is 24.4 Å². The van der Waals surface area contributed by atoms with E-state index in [0.29, 0.717) is 11.6 Å². The quantitative estimate of drug-likeness (QED) is 0.850. The summed E-state index contributed by atoms with van der Waals surface area (Å²) < 4.78 is 5.23. The largest absolute Gasteiger partial charge is 0.497 e. The third kappa shape index (κ3) is 2.20. The molecule has 2 rings (SSSR count). The second-order valence-corrected chi connectivity index (χ2v) is 4.09. The zero-order chi connectivity index (χ0) is 12.3. The Hall–Kier alpha value is -1.73. The number of benzene rings is 1. The summed E-state index contributed by atoms with van der Waals surface area (Å²) in [5, 5.41) is 12.4. The molecule has 0 unspecified atom stereocenters. The number of hydrogen-bond acceptors (Lipinski definition) is 4. The maximum atomic E-state index is 9.17. The van der Waals surface area contributed by atoms with E-state index in [1.165, 1.54) is 0 Å². The van der Waals surface area contributed by atoms with Crippen molar-refractivity contribution in [2.24, 2.45) is 0 Å². The van der Waals surface area contributed by atoms with Crippen LogP contribution in [-0.2, 0) is 0 Å². The molecule has 0 saturated carbocycles. The maximum Gasteiger partial charge on any atom is 0.121 e. The summed E-state index contributed by atoms with van der Waals surface area (Å²) in [6.07, 6.45) is 0. The number of nitriles is 1. The minimum absolute atomic E-state index is 0.485. The van der Waals surface area contributed by atoms with Crippen molar-refractivity contribution >= 4 is 5.69 Å². The molecule has 90 valence electrons. The van der Waals surface area contributed by atoms with Gasteiger partial charge in [0.1, 0.15) is 11.8 Å². The molecule has 0 radical (unpaired) electrons. The van der Waals surface area contributed by atoms with Crippen LogP contribution in [0.2, 0.25) is 0 Å². The van der Waals surface area contributed by atoms with Gasteiger partial charge in [0.25, 0.3) is 0 Å². The van der Waals surface area contributed by atoms with Crippen molar-refractivity contribution in [2.75, 3.05) is 31.6 Å². The summed E-state index contributed by atoms with van der Waals surface area (Å²) in [4.78, 5) is 2.26. The average Bonchev–Trinajstić information content (AvgIpc) is 2.32. The molecule has 0 bridgehead atoms. The van der Waals surface area contributed by atoms with Crippen molar-refractivity contribution in [3.05, 3.63) is 23.8 Å². The highest BCUT2D eigenvalue weighted by molar-refractivity contribution is 5.63. The van der Waals surface area contributed by atoms with Crippen LogP contribution < -0.4 is 15.0 Å². The molecule has 0 atom stereocenters. The van der Waals surface area contributed by atoms with Crippen LogP contribution >= 0.6 is 0 Å². The predicted octanol–water partition coefficient (Wildman–Crippen LogP) is 1.36. The van der Waals surface area contributed by atoms with Gasteiger partial charge < -0.3 is 15.0 Å². The molecule has 1 aliphatic heterocycles. The smallest absolute Gasteiger partial charge is 0.121 e. The Kier molecular flexibility index (Phi) is 3.50. The van der Waals surface area contributed by atoms with Crippen molar-refractivity contribution in [1.82, 2.24) is 5.32 Å². The minimum Gasteiger partial charge on any atom is -0.497 e. The second-order valence-electron chi connectivity index (χ2n) is 4.09. The molecule has 1 fully saturated rings. The summed E-state index contributed by atoms with van der Waals surface area (Å²) >= 11 is 0. The summed E-state index contributed by atoms with van der Waals surface area (Å²) in [6, 6.07) is 8.33. The van der Waals surface area contributed by atoms with E-state index in [1.54, 1.807) is 7.11 Å². The van der Waals surface area contributed by atoms with Crippen LogP contribution in [0, 0.1) is 11.3 Å². The second kappa shape index (κ2) is 5.07. The number of nitrogens with one attached hydrogen (secondary N) is 1. The number of ether oxygens (including phenoxy) is 1. The third-order valence-corrected chi connectivity index (χ3v) is 3.18. The predicted molar refractivity (Wildman–Crippen MR) is 67.4 cm³/mol. The standard InChI is InChI=1S/C13H17N3O/c1-3-16(11-8-15-9-11)13-6-12(17-2)5-4-10(13)7-14/h4-6,11,15H,3,8-9H2,1-2H3. The number of methoxy groups -OCH3 is 1. The van der Waals surface area contributed by atoms with E-state index in [0.717, 1.165) is 31.1 Å². The topological polar surface area (TPSA) is 48.3 Å². The third-order valence-electron chi connectivity index (χ3n) is 3.18. The highest BCUT2D eigenvalue weighted by Gasteiger charge is 2.25. The van der Waals surface area contributed by atoms with Crippen LogP contribution in [0.25, 0.3) is 0 Å². The lowest BCUT2D eigenvalue weighted by molar-refractivity contribution is 0.408. The first-order valence-electron chi connectivity index (χ1n) is 5.85. The molecular weight excluding hydrogens is 214 g/mol. The molecule has 0 aromatic heterocycles. The van der Waals surface area contributed by atoms with Gasteiger partial charge in [0.2, 0.25) is 0 Å². The van der Waals surface area contributed by atoms with Crippen molar-refractivity contribution in [2.45, 2.75) is 13.0 Å². The molecule has 0 amide bonds. The zero-order valence-electron chi connectivity index (χ0n) is 10.2.